The molecule has 0 radical (unpaired) electrons. The summed E-state index contributed by atoms with van der Waals surface area (Å²) in [6, 6.07) is 7.50. The van der Waals surface area contributed by atoms with E-state index in [2.05, 4.69) is 22.1 Å². The summed E-state index contributed by atoms with van der Waals surface area (Å²) in [5, 5.41) is 0.671. The van der Waals surface area contributed by atoms with Gasteiger partial charge in [-0.15, -0.1) is 0 Å². The summed E-state index contributed by atoms with van der Waals surface area (Å²) < 4.78 is 0. The first kappa shape index (κ1) is 11.2. The summed E-state index contributed by atoms with van der Waals surface area (Å²) in [6.45, 7) is 0. The van der Waals surface area contributed by atoms with Gasteiger partial charge in [-0.1, -0.05) is 24.3 Å². The van der Waals surface area contributed by atoms with Crippen LogP contribution in [0.1, 0.15) is 25.1 Å². The molecule has 3 heteroatoms. The summed E-state index contributed by atoms with van der Waals surface area (Å²) >= 11 is 0. The summed E-state index contributed by atoms with van der Waals surface area (Å²) in [6.07, 6.45) is 8.75. The number of aromatic amines is 1. The minimum atomic E-state index is -0.0260. The highest BCUT2D eigenvalue weighted by molar-refractivity contribution is 5.77. The lowest BCUT2D eigenvalue weighted by atomic mass is 9.91. The van der Waals surface area contributed by atoms with E-state index < -0.39 is 0 Å². The number of allylic oxidation sites excluding steroid dienone is 2. The average molecular weight is 240 g/mol. The molecule has 2 aromatic rings. The number of aromatic nitrogens is 2. The van der Waals surface area contributed by atoms with Gasteiger partial charge >= 0.3 is 0 Å². The first-order valence-corrected chi connectivity index (χ1v) is 6.46. The quantitative estimate of drug-likeness (QED) is 0.820. The van der Waals surface area contributed by atoms with Crippen LogP contribution in [0.5, 0.6) is 0 Å². The molecule has 1 aromatic carbocycles. The van der Waals surface area contributed by atoms with Crippen molar-refractivity contribution in [3.8, 4) is 0 Å². The van der Waals surface area contributed by atoms with E-state index in [4.69, 9.17) is 0 Å². The molecule has 1 heterocycles. The molecule has 1 N–H and O–H groups in total. The molecule has 1 aliphatic carbocycles. The number of H-pyrrole nitrogens is 1. The predicted molar refractivity (Wildman–Crippen MR) is 72.5 cm³/mol. The Labute approximate surface area is 106 Å². The van der Waals surface area contributed by atoms with Gasteiger partial charge < -0.3 is 4.98 Å². The summed E-state index contributed by atoms with van der Waals surface area (Å²) in [4.78, 5) is 19.4. The van der Waals surface area contributed by atoms with Crippen LogP contribution in [0, 0.1) is 5.92 Å². The molecule has 18 heavy (non-hydrogen) atoms. The highest BCUT2D eigenvalue weighted by Crippen LogP contribution is 2.21. The van der Waals surface area contributed by atoms with Crippen molar-refractivity contribution in [3.05, 3.63) is 52.6 Å². The van der Waals surface area contributed by atoms with E-state index in [1.54, 1.807) is 0 Å². The van der Waals surface area contributed by atoms with E-state index in [1.807, 2.05) is 24.3 Å². The zero-order chi connectivity index (χ0) is 12.4. The zero-order valence-electron chi connectivity index (χ0n) is 10.2. The molecule has 0 amide bonds. The molecule has 3 rings (SSSR count). The first-order valence-electron chi connectivity index (χ1n) is 6.46. The van der Waals surface area contributed by atoms with Gasteiger partial charge in [0.1, 0.15) is 5.82 Å². The maximum absolute atomic E-state index is 11.9. The highest BCUT2D eigenvalue weighted by atomic mass is 16.1. The highest BCUT2D eigenvalue weighted by Gasteiger charge is 2.12. The number of benzene rings is 1. The molecule has 0 saturated carbocycles. The van der Waals surface area contributed by atoms with Crippen LogP contribution < -0.4 is 5.56 Å². The Morgan fingerprint density at radius 1 is 1.28 bits per heavy atom. The van der Waals surface area contributed by atoms with Crippen molar-refractivity contribution in [2.24, 2.45) is 5.92 Å². The number of nitrogens with one attached hydrogen (secondary N) is 1. The van der Waals surface area contributed by atoms with Crippen molar-refractivity contribution in [2.75, 3.05) is 0 Å². The van der Waals surface area contributed by atoms with Gasteiger partial charge in [0.15, 0.2) is 0 Å². The third-order valence-corrected chi connectivity index (χ3v) is 3.52. The van der Waals surface area contributed by atoms with Crippen molar-refractivity contribution in [3.63, 3.8) is 0 Å². The summed E-state index contributed by atoms with van der Waals surface area (Å²) in [5.41, 5.74) is 0.768. The number of rotatable bonds is 2. The third kappa shape index (κ3) is 2.21. The smallest absolute Gasteiger partial charge is 0.258 e. The van der Waals surface area contributed by atoms with E-state index in [-0.39, 0.29) is 5.56 Å². The average Bonchev–Trinajstić information content (AvgIpc) is 2.40. The van der Waals surface area contributed by atoms with Gasteiger partial charge in [-0.25, -0.2) is 4.98 Å². The van der Waals surface area contributed by atoms with Crippen molar-refractivity contribution >= 4 is 10.9 Å². The monoisotopic (exact) mass is 240 g/mol. The van der Waals surface area contributed by atoms with Crippen molar-refractivity contribution in [2.45, 2.75) is 25.7 Å². The number of para-hydroxylation sites is 1. The van der Waals surface area contributed by atoms with E-state index in [1.165, 1.54) is 6.42 Å². The molecule has 1 unspecified atom stereocenters. The van der Waals surface area contributed by atoms with Crippen molar-refractivity contribution < 1.29 is 0 Å². The third-order valence-electron chi connectivity index (χ3n) is 3.52. The van der Waals surface area contributed by atoms with Crippen LogP contribution >= 0.6 is 0 Å². The molecule has 0 fully saturated rings. The molecule has 0 spiro atoms. The topological polar surface area (TPSA) is 45.8 Å². The van der Waals surface area contributed by atoms with Crippen LogP contribution in [0.3, 0.4) is 0 Å². The Morgan fingerprint density at radius 3 is 3.00 bits per heavy atom. The van der Waals surface area contributed by atoms with Gasteiger partial charge in [0, 0.05) is 6.42 Å². The lowest BCUT2D eigenvalue weighted by Gasteiger charge is -2.16. The van der Waals surface area contributed by atoms with Crippen LogP contribution in [0.15, 0.2) is 41.2 Å². The SMILES string of the molecule is O=c1[nH]c(CC2CC=CCC2)nc2ccccc12. The van der Waals surface area contributed by atoms with Crippen LogP contribution in [0.2, 0.25) is 0 Å². The Hall–Kier alpha value is -1.90. The molecular weight excluding hydrogens is 224 g/mol. The van der Waals surface area contributed by atoms with Crippen LogP contribution in [-0.4, -0.2) is 9.97 Å². The fraction of sp³-hybridized carbons (Fsp3) is 0.333. The second kappa shape index (κ2) is 4.77. The van der Waals surface area contributed by atoms with Gasteiger partial charge in [0.2, 0.25) is 0 Å². The standard InChI is InChI=1S/C15H16N2O/c18-15-12-8-4-5-9-13(12)16-14(17-15)10-11-6-2-1-3-7-11/h1-2,4-5,8-9,11H,3,6-7,10H2,(H,16,17,18). The fourth-order valence-corrected chi connectivity index (χ4v) is 2.55. The Kier molecular flexibility index (Phi) is 2.97. The Morgan fingerprint density at radius 2 is 2.17 bits per heavy atom. The number of fused-ring (bicyclic) bond motifs is 1. The fourth-order valence-electron chi connectivity index (χ4n) is 2.55. The summed E-state index contributed by atoms with van der Waals surface area (Å²) in [5.74, 6) is 1.43. The second-order valence-corrected chi connectivity index (χ2v) is 4.88. The lowest BCUT2D eigenvalue weighted by Crippen LogP contribution is -2.15. The normalized spacial score (nSPS) is 19.2. The minimum absolute atomic E-state index is 0.0260. The van der Waals surface area contributed by atoms with Crippen LogP contribution in [-0.2, 0) is 6.42 Å². The number of nitrogens with zero attached hydrogens (tertiary/aromatic N) is 1. The van der Waals surface area contributed by atoms with E-state index in [0.717, 1.165) is 30.6 Å². The van der Waals surface area contributed by atoms with Crippen molar-refractivity contribution in [1.29, 1.82) is 0 Å². The molecule has 1 aromatic heterocycles. The molecule has 0 saturated heterocycles. The number of hydrogen-bond acceptors (Lipinski definition) is 2. The second-order valence-electron chi connectivity index (χ2n) is 4.88. The zero-order valence-corrected chi connectivity index (χ0v) is 10.2. The largest absolute Gasteiger partial charge is 0.310 e. The molecule has 1 atom stereocenters. The molecule has 92 valence electrons. The minimum Gasteiger partial charge on any atom is -0.310 e. The predicted octanol–water partition coefficient (Wildman–Crippen LogP) is 2.82. The van der Waals surface area contributed by atoms with Crippen molar-refractivity contribution in [1.82, 2.24) is 9.97 Å². The maximum atomic E-state index is 11.9. The van der Waals surface area contributed by atoms with Gasteiger partial charge in [-0.2, -0.15) is 0 Å². The Balaban J connectivity index is 1.93. The van der Waals surface area contributed by atoms with E-state index in [9.17, 15) is 4.79 Å². The summed E-state index contributed by atoms with van der Waals surface area (Å²) in [7, 11) is 0. The van der Waals surface area contributed by atoms with Gasteiger partial charge in [0.05, 0.1) is 10.9 Å². The van der Waals surface area contributed by atoms with E-state index in [0.29, 0.717) is 11.3 Å². The lowest BCUT2D eigenvalue weighted by molar-refractivity contribution is 0.467. The molecule has 1 aliphatic rings. The maximum Gasteiger partial charge on any atom is 0.258 e. The van der Waals surface area contributed by atoms with Crippen LogP contribution in [0.4, 0.5) is 0 Å². The Bertz CT molecular complexity index is 642. The van der Waals surface area contributed by atoms with Crippen LogP contribution in [0.25, 0.3) is 10.9 Å². The molecule has 3 nitrogen and oxygen atoms in total. The molecule has 0 bridgehead atoms. The van der Waals surface area contributed by atoms with E-state index >= 15 is 0 Å². The number of hydrogen-bond donors (Lipinski definition) is 1. The van der Waals surface area contributed by atoms with Gasteiger partial charge in [-0.05, 0) is 37.3 Å². The van der Waals surface area contributed by atoms with Gasteiger partial charge in [-0.3, -0.25) is 4.79 Å². The van der Waals surface area contributed by atoms with Gasteiger partial charge in [0.25, 0.3) is 5.56 Å². The first-order chi connectivity index (χ1) is 8.83. The molecular formula is C15H16N2O. The molecule has 0 aliphatic heterocycles.